The van der Waals surface area contributed by atoms with Gasteiger partial charge >= 0.3 is 6.03 Å². The number of ether oxygens (including phenoxy) is 1. The van der Waals surface area contributed by atoms with Gasteiger partial charge in [0.1, 0.15) is 0 Å². The molecule has 2 rings (SSSR count). The van der Waals surface area contributed by atoms with Gasteiger partial charge in [-0.1, -0.05) is 6.92 Å². The lowest BCUT2D eigenvalue weighted by molar-refractivity contribution is -0.0690. The van der Waals surface area contributed by atoms with E-state index in [9.17, 15) is 4.79 Å². The van der Waals surface area contributed by atoms with Crippen LogP contribution in [0.15, 0.2) is 18.5 Å². The lowest BCUT2D eigenvalue weighted by Gasteiger charge is -2.27. The Hall–Kier alpha value is -1.56. The van der Waals surface area contributed by atoms with Crippen LogP contribution >= 0.6 is 0 Å². The summed E-state index contributed by atoms with van der Waals surface area (Å²) in [6.45, 7) is 11.6. The summed E-state index contributed by atoms with van der Waals surface area (Å²) in [5.74, 6) is 0.315. The summed E-state index contributed by atoms with van der Waals surface area (Å²) >= 11 is 0. The highest BCUT2D eigenvalue weighted by Crippen LogP contribution is 2.37. The van der Waals surface area contributed by atoms with Crippen LogP contribution < -0.4 is 10.6 Å². The molecule has 1 aliphatic heterocycles. The molecule has 0 saturated carbocycles. The van der Waals surface area contributed by atoms with E-state index in [1.165, 1.54) is 0 Å². The minimum Gasteiger partial charge on any atom is -0.367 e. The van der Waals surface area contributed by atoms with Crippen LogP contribution in [0.3, 0.4) is 0 Å². The average Bonchev–Trinajstić information content (AvgIpc) is 2.93. The van der Waals surface area contributed by atoms with E-state index in [4.69, 9.17) is 4.74 Å². The van der Waals surface area contributed by atoms with Crippen molar-refractivity contribution in [3.8, 4) is 0 Å². The van der Waals surface area contributed by atoms with Gasteiger partial charge in [-0.3, -0.25) is 4.68 Å². The van der Waals surface area contributed by atoms with Gasteiger partial charge in [-0.25, -0.2) is 4.79 Å². The Morgan fingerprint density at radius 1 is 1.45 bits per heavy atom. The number of nitrogens with one attached hydrogen (secondary N) is 2. The minimum atomic E-state index is -0.346. The third kappa shape index (κ3) is 4.47. The van der Waals surface area contributed by atoms with Crippen LogP contribution in [-0.2, 0) is 11.3 Å². The second-order valence-corrected chi connectivity index (χ2v) is 7.41. The van der Waals surface area contributed by atoms with Gasteiger partial charge in [0.15, 0.2) is 0 Å². The zero-order valence-corrected chi connectivity index (χ0v) is 14.2. The lowest BCUT2D eigenvalue weighted by Crippen LogP contribution is -2.50. The molecule has 0 aromatic carbocycles. The normalized spacial score (nSPS) is 24.0. The molecule has 124 valence electrons. The molecule has 0 spiro atoms. The van der Waals surface area contributed by atoms with Crippen molar-refractivity contribution in [1.82, 2.24) is 20.4 Å². The van der Waals surface area contributed by atoms with Gasteiger partial charge in [0.2, 0.25) is 0 Å². The summed E-state index contributed by atoms with van der Waals surface area (Å²) in [5, 5.41) is 10.2. The van der Waals surface area contributed by atoms with Crippen LogP contribution in [0, 0.1) is 5.92 Å². The smallest absolute Gasteiger partial charge is 0.315 e. The number of aromatic nitrogens is 2. The molecule has 6 heteroatoms. The second kappa shape index (κ2) is 6.28. The monoisotopic (exact) mass is 308 g/mol. The highest BCUT2D eigenvalue weighted by atomic mass is 16.5. The van der Waals surface area contributed by atoms with Gasteiger partial charge in [0.25, 0.3) is 0 Å². The number of carbonyl (C=O) groups is 1. The maximum absolute atomic E-state index is 12.1. The first kappa shape index (κ1) is 16.8. The second-order valence-electron chi connectivity index (χ2n) is 7.41. The van der Waals surface area contributed by atoms with E-state index in [1.54, 1.807) is 6.20 Å². The number of carbonyl (C=O) groups excluding carboxylic acids is 1. The van der Waals surface area contributed by atoms with Crippen molar-refractivity contribution < 1.29 is 9.53 Å². The fourth-order valence-electron chi connectivity index (χ4n) is 3.06. The molecule has 1 fully saturated rings. The molecular formula is C16H28N4O2. The van der Waals surface area contributed by atoms with Crippen LogP contribution in [0.1, 0.15) is 41.0 Å². The molecule has 2 atom stereocenters. The quantitative estimate of drug-likeness (QED) is 0.876. The third-order valence-electron chi connectivity index (χ3n) is 4.05. The first-order valence-electron chi connectivity index (χ1n) is 7.90. The van der Waals surface area contributed by atoms with E-state index in [2.05, 4.69) is 36.5 Å². The zero-order valence-electron chi connectivity index (χ0n) is 14.2. The summed E-state index contributed by atoms with van der Waals surface area (Å²) in [4.78, 5) is 12.1. The van der Waals surface area contributed by atoms with Gasteiger partial charge in [0.05, 0.1) is 17.2 Å². The Bertz CT molecular complexity index is 496. The first-order chi connectivity index (χ1) is 10.2. The van der Waals surface area contributed by atoms with E-state index in [1.807, 2.05) is 30.8 Å². The summed E-state index contributed by atoms with van der Waals surface area (Å²) in [6.07, 6.45) is 4.50. The van der Waals surface area contributed by atoms with Gasteiger partial charge in [-0.2, -0.15) is 5.10 Å². The Morgan fingerprint density at radius 2 is 2.18 bits per heavy atom. The zero-order chi connectivity index (χ0) is 16.4. The SMILES string of the molecule is C[C@@H](CNC(=O)N[C@H]1CC(C)(C)OC1(C)C)Cn1cccn1. The summed E-state index contributed by atoms with van der Waals surface area (Å²) in [7, 11) is 0. The lowest BCUT2D eigenvalue weighted by atomic mass is 9.95. The van der Waals surface area contributed by atoms with Crippen LogP contribution in [-0.4, -0.2) is 39.6 Å². The molecule has 1 aromatic heterocycles. The number of hydrogen-bond donors (Lipinski definition) is 2. The van der Waals surface area contributed by atoms with Crippen LogP contribution in [0.4, 0.5) is 4.79 Å². The number of amides is 2. The van der Waals surface area contributed by atoms with E-state index in [0.717, 1.165) is 13.0 Å². The molecule has 0 bridgehead atoms. The van der Waals surface area contributed by atoms with Gasteiger partial charge in [0, 0.05) is 25.5 Å². The third-order valence-corrected chi connectivity index (χ3v) is 4.05. The summed E-state index contributed by atoms with van der Waals surface area (Å²) in [6, 6.07) is 1.78. The molecule has 0 unspecified atom stereocenters. The van der Waals surface area contributed by atoms with Crippen molar-refractivity contribution in [1.29, 1.82) is 0 Å². The van der Waals surface area contributed by atoms with E-state index in [-0.39, 0.29) is 23.3 Å². The van der Waals surface area contributed by atoms with Crippen molar-refractivity contribution in [3.63, 3.8) is 0 Å². The van der Waals surface area contributed by atoms with Gasteiger partial charge in [-0.05, 0) is 46.1 Å². The Morgan fingerprint density at radius 3 is 2.73 bits per heavy atom. The fraction of sp³-hybridized carbons (Fsp3) is 0.750. The topological polar surface area (TPSA) is 68.2 Å². The molecule has 2 heterocycles. The van der Waals surface area contributed by atoms with Crippen molar-refractivity contribution in [3.05, 3.63) is 18.5 Å². The van der Waals surface area contributed by atoms with Crippen molar-refractivity contribution >= 4 is 6.03 Å². The van der Waals surface area contributed by atoms with Gasteiger partial charge < -0.3 is 15.4 Å². The van der Waals surface area contributed by atoms with Crippen molar-refractivity contribution in [2.75, 3.05) is 6.54 Å². The number of hydrogen-bond acceptors (Lipinski definition) is 3. The molecule has 1 saturated heterocycles. The van der Waals surface area contributed by atoms with E-state index in [0.29, 0.717) is 12.5 Å². The van der Waals surface area contributed by atoms with Crippen molar-refractivity contribution in [2.45, 2.75) is 64.8 Å². The molecule has 0 aliphatic carbocycles. The molecule has 2 amide bonds. The van der Waals surface area contributed by atoms with Crippen LogP contribution in [0.5, 0.6) is 0 Å². The minimum absolute atomic E-state index is 0.0175. The van der Waals surface area contributed by atoms with E-state index < -0.39 is 0 Å². The molecule has 1 aliphatic rings. The predicted octanol–water partition coefficient (Wildman–Crippen LogP) is 2.16. The highest BCUT2D eigenvalue weighted by Gasteiger charge is 2.46. The summed E-state index contributed by atoms with van der Waals surface area (Å²) in [5.41, 5.74) is -0.545. The van der Waals surface area contributed by atoms with Gasteiger partial charge in [-0.15, -0.1) is 0 Å². The Kier molecular flexibility index (Phi) is 4.80. The number of rotatable bonds is 5. The fourth-order valence-corrected chi connectivity index (χ4v) is 3.06. The first-order valence-corrected chi connectivity index (χ1v) is 7.90. The molecule has 1 aromatic rings. The molecule has 0 radical (unpaired) electrons. The Balaban J connectivity index is 1.76. The average molecular weight is 308 g/mol. The highest BCUT2D eigenvalue weighted by molar-refractivity contribution is 5.74. The van der Waals surface area contributed by atoms with Crippen molar-refractivity contribution in [2.24, 2.45) is 5.92 Å². The molecule has 22 heavy (non-hydrogen) atoms. The van der Waals surface area contributed by atoms with E-state index >= 15 is 0 Å². The van der Waals surface area contributed by atoms with Crippen LogP contribution in [0.25, 0.3) is 0 Å². The summed E-state index contributed by atoms with van der Waals surface area (Å²) < 4.78 is 7.87. The maximum atomic E-state index is 12.1. The number of nitrogens with zero attached hydrogens (tertiary/aromatic N) is 2. The maximum Gasteiger partial charge on any atom is 0.315 e. The predicted molar refractivity (Wildman–Crippen MR) is 85.6 cm³/mol. The molecular weight excluding hydrogens is 280 g/mol. The standard InChI is InChI=1S/C16H28N4O2/c1-12(11-20-8-6-7-18-20)10-17-14(21)19-13-9-15(2,3)22-16(13,4)5/h6-8,12-13H,9-11H2,1-5H3,(H2,17,19,21)/t12-,13-/m0/s1. The number of urea groups is 1. The van der Waals surface area contributed by atoms with Crippen LogP contribution in [0.2, 0.25) is 0 Å². The molecule has 6 nitrogen and oxygen atoms in total. The largest absolute Gasteiger partial charge is 0.367 e. The molecule has 2 N–H and O–H groups in total. The Labute approximate surface area is 132 Å².